The van der Waals surface area contributed by atoms with Crippen molar-refractivity contribution in [3.05, 3.63) is 22.9 Å². The van der Waals surface area contributed by atoms with Crippen LogP contribution < -0.4 is 4.74 Å². The second-order valence-electron chi connectivity index (χ2n) is 5.07. The summed E-state index contributed by atoms with van der Waals surface area (Å²) in [4.78, 5) is 16.3. The minimum atomic E-state index is -1.11. The standard InChI is InChI=1S/C13H15NO4S/c1-13(2,3)10-8(12(15)16)18-11(14-10)9-7(17-4)5-6-19-9/h5-6H,1-4H3,(H,15,16). The molecule has 0 saturated heterocycles. The number of thiophene rings is 1. The second kappa shape index (κ2) is 4.70. The molecule has 0 spiro atoms. The summed E-state index contributed by atoms with van der Waals surface area (Å²) in [5.41, 5.74) is 0.0328. The highest BCUT2D eigenvalue weighted by molar-refractivity contribution is 7.13. The number of hydrogen-bond acceptors (Lipinski definition) is 5. The molecule has 0 aromatic carbocycles. The van der Waals surface area contributed by atoms with Gasteiger partial charge >= 0.3 is 5.97 Å². The Balaban J connectivity index is 2.59. The van der Waals surface area contributed by atoms with Crippen LogP contribution in [-0.2, 0) is 5.41 Å². The van der Waals surface area contributed by atoms with Crippen LogP contribution in [0.2, 0.25) is 0 Å². The van der Waals surface area contributed by atoms with Gasteiger partial charge in [0.05, 0.1) is 7.11 Å². The summed E-state index contributed by atoms with van der Waals surface area (Å²) < 4.78 is 10.6. The van der Waals surface area contributed by atoms with E-state index in [0.29, 0.717) is 16.3 Å². The van der Waals surface area contributed by atoms with Crippen LogP contribution in [0.25, 0.3) is 10.8 Å². The lowest BCUT2D eigenvalue weighted by atomic mass is 9.91. The number of aromatic nitrogens is 1. The number of carboxylic acid groups (broad SMARTS) is 1. The van der Waals surface area contributed by atoms with Crippen LogP contribution in [0.3, 0.4) is 0 Å². The van der Waals surface area contributed by atoms with Crippen LogP contribution in [0.4, 0.5) is 0 Å². The van der Waals surface area contributed by atoms with Crippen molar-refractivity contribution in [2.45, 2.75) is 26.2 Å². The summed E-state index contributed by atoms with van der Waals surface area (Å²) in [6.45, 7) is 5.69. The quantitative estimate of drug-likeness (QED) is 0.933. The Morgan fingerprint density at radius 3 is 2.63 bits per heavy atom. The summed E-state index contributed by atoms with van der Waals surface area (Å²) in [5, 5.41) is 11.0. The SMILES string of the molecule is COc1ccsc1-c1nc(C(C)(C)C)c(C(=O)O)o1. The fraction of sp³-hybridized carbons (Fsp3) is 0.385. The molecule has 2 rings (SSSR count). The van der Waals surface area contributed by atoms with E-state index in [-0.39, 0.29) is 11.7 Å². The molecule has 0 unspecified atom stereocenters. The number of aromatic carboxylic acids is 1. The van der Waals surface area contributed by atoms with Crippen LogP contribution in [0.1, 0.15) is 37.0 Å². The molecule has 0 atom stereocenters. The van der Waals surface area contributed by atoms with E-state index >= 15 is 0 Å². The molecule has 5 nitrogen and oxygen atoms in total. The maximum atomic E-state index is 11.2. The highest BCUT2D eigenvalue weighted by Crippen LogP contribution is 2.37. The van der Waals surface area contributed by atoms with E-state index in [2.05, 4.69) is 4.98 Å². The van der Waals surface area contributed by atoms with Crippen molar-refractivity contribution >= 4 is 17.3 Å². The Hall–Kier alpha value is -1.82. The molecule has 19 heavy (non-hydrogen) atoms. The maximum Gasteiger partial charge on any atom is 0.373 e. The van der Waals surface area contributed by atoms with E-state index in [4.69, 9.17) is 9.15 Å². The topological polar surface area (TPSA) is 72.6 Å². The third-order valence-electron chi connectivity index (χ3n) is 2.58. The van der Waals surface area contributed by atoms with Gasteiger partial charge < -0.3 is 14.3 Å². The molecule has 0 saturated carbocycles. The summed E-state index contributed by atoms with van der Waals surface area (Å²) in [7, 11) is 1.55. The maximum absolute atomic E-state index is 11.2. The first-order valence-corrected chi connectivity index (χ1v) is 6.59. The number of nitrogens with zero attached hydrogens (tertiary/aromatic N) is 1. The number of ether oxygens (including phenoxy) is 1. The largest absolute Gasteiger partial charge is 0.495 e. The normalized spacial score (nSPS) is 11.6. The van der Waals surface area contributed by atoms with Crippen molar-refractivity contribution < 1.29 is 19.1 Å². The molecule has 0 radical (unpaired) electrons. The molecule has 0 aliphatic rings. The monoisotopic (exact) mass is 281 g/mol. The first-order chi connectivity index (χ1) is 8.84. The Morgan fingerprint density at radius 1 is 1.47 bits per heavy atom. The highest BCUT2D eigenvalue weighted by atomic mass is 32.1. The van der Waals surface area contributed by atoms with Gasteiger partial charge in [-0.05, 0) is 11.4 Å². The second-order valence-corrected chi connectivity index (χ2v) is 5.99. The summed E-state index contributed by atoms with van der Waals surface area (Å²) >= 11 is 1.40. The summed E-state index contributed by atoms with van der Waals surface area (Å²) in [6, 6.07) is 1.79. The zero-order valence-corrected chi connectivity index (χ0v) is 12.0. The Morgan fingerprint density at radius 2 is 2.16 bits per heavy atom. The molecule has 0 amide bonds. The van der Waals surface area contributed by atoms with E-state index in [9.17, 15) is 9.90 Å². The van der Waals surface area contributed by atoms with E-state index in [1.165, 1.54) is 11.3 Å². The van der Waals surface area contributed by atoms with Gasteiger partial charge in [-0.2, -0.15) is 0 Å². The number of carboxylic acids is 1. The summed E-state index contributed by atoms with van der Waals surface area (Å²) in [5.74, 6) is -0.310. The first-order valence-electron chi connectivity index (χ1n) is 5.71. The van der Waals surface area contributed by atoms with Crippen molar-refractivity contribution in [1.29, 1.82) is 0 Å². The average molecular weight is 281 g/mol. The Labute approximate surface area is 114 Å². The molecule has 0 aliphatic carbocycles. The van der Waals surface area contributed by atoms with Crippen molar-refractivity contribution in [2.75, 3.05) is 7.11 Å². The minimum Gasteiger partial charge on any atom is -0.495 e. The van der Waals surface area contributed by atoms with E-state index in [1.807, 2.05) is 26.2 Å². The molecular formula is C13H15NO4S. The van der Waals surface area contributed by atoms with Gasteiger partial charge in [-0.1, -0.05) is 20.8 Å². The molecule has 102 valence electrons. The molecule has 2 aromatic heterocycles. The fourth-order valence-corrected chi connectivity index (χ4v) is 2.47. The van der Waals surface area contributed by atoms with Gasteiger partial charge in [0.1, 0.15) is 16.3 Å². The number of oxazole rings is 1. The van der Waals surface area contributed by atoms with Crippen molar-refractivity contribution in [3.8, 4) is 16.5 Å². The van der Waals surface area contributed by atoms with Gasteiger partial charge in [-0.15, -0.1) is 11.3 Å². The van der Waals surface area contributed by atoms with Crippen LogP contribution >= 0.6 is 11.3 Å². The minimum absolute atomic E-state index is 0.113. The van der Waals surface area contributed by atoms with E-state index in [1.54, 1.807) is 13.2 Å². The summed E-state index contributed by atoms with van der Waals surface area (Å²) in [6.07, 6.45) is 0. The molecule has 0 bridgehead atoms. The smallest absolute Gasteiger partial charge is 0.373 e. The Kier molecular flexibility index (Phi) is 3.36. The first kappa shape index (κ1) is 13.6. The number of hydrogen-bond donors (Lipinski definition) is 1. The lowest BCUT2D eigenvalue weighted by Crippen LogP contribution is -2.16. The van der Waals surface area contributed by atoms with E-state index < -0.39 is 11.4 Å². The van der Waals surface area contributed by atoms with Crippen LogP contribution in [0.15, 0.2) is 15.9 Å². The predicted molar refractivity (Wildman–Crippen MR) is 72.0 cm³/mol. The van der Waals surface area contributed by atoms with Gasteiger partial charge in [0.25, 0.3) is 0 Å². The van der Waals surface area contributed by atoms with Crippen LogP contribution in [0.5, 0.6) is 5.75 Å². The van der Waals surface area contributed by atoms with Gasteiger partial charge in [0.2, 0.25) is 11.7 Å². The third-order valence-corrected chi connectivity index (χ3v) is 3.46. The number of methoxy groups -OCH3 is 1. The molecule has 2 heterocycles. The molecular weight excluding hydrogens is 266 g/mol. The zero-order valence-electron chi connectivity index (χ0n) is 11.2. The lowest BCUT2D eigenvalue weighted by Gasteiger charge is -2.14. The molecule has 0 aliphatic heterocycles. The molecule has 6 heteroatoms. The number of carbonyl (C=O) groups is 1. The lowest BCUT2D eigenvalue weighted by molar-refractivity contribution is 0.0659. The fourth-order valence-electron chi connectivity index (χ4n) is 1.68. The van der Waals surface area contributed by atoms with Crippen molar-refractivity contribution in [3.63, 3.8) is 0 Å². The van der Waals surface area contributed by atoms with Crippen molar-refractivity contribution in [2.24, 2.45) is 0 Å². The molecule has 0 fully saturated rings. The Bertz CT molecular complexity index is 606. The number of rotatable bonds is 3. The van der Waals surface area contributed by atoms with Gasteiger partial charge in [-0.3, -0.25) is 0 Å². The van der Waals surface area contributed by atoms with Crippen LogP contribution in [0, 0.1) is 0 Å². The van der Waals surface area contributed by atoms with Crippen molar-refractivity contribution in [1.82, 2.24) is 4.98 Å². The zero-order chi connectivity index (χ0) is 14.2. The van der Waals surface area contributed by atoms with Gasteiger partial charge in [-0.25, -0.2) is 9.78 Å². The predicted octanol–water partition coefficient (Wildman–Crippen LogP) is 3.41. The molecule has 1 N–H and O–H groups in total. The van der Waals surface area contributed by atoms with Gasteiger partial charge in [0.15, 0.2) is 0 Å². The average Bonchev–Trinajstić information content (AvgIpc) is 2.93. The molecule has 2 aromatic rings. The third kappa shape index (κ3) is 2.49. The van der Waals surface area contributed by atoms with E-state index in [0.717, 1.165) is 0 Å². The van der Waals surface area contributed by atoms with Gasteiger partial charge in [0, 0.05) is 5.41 Å². The van der Waals surface area contributed by atoms with Crippen LogP contribution in [-0.4, -0.2) is 23.2 Å². The highest BCUT2D eigenvalue weighted by Gasteiger charge is 2.30.